The zero-order valence-electron chi connectivity index (χ0n) is 18.7. The van der Waals surface area contributed by atoms with Gasteiger partial charge in [0.15, 0.2) is 11.5 Å². The number of hydrogen-bond donors (Lipinski definition) is 1. The van der Waals surface area contributed by atoms with Crippen molar-refractivity contribution in [2.24, 2.45) is 0 Å². The van der Waals surface area contributed by atoms with Crippen LogP contribution in [0.15, 0.2) is 85.1 Å². The van der Waals surface area contributed by atoms with Gasteiger partial charge in [-0.15, -0.1) is 0 Å². The van der Waals surface area contributed by atoms with E-state index in [-0.39, 0.29) is 5.75 Å². The summed E-state index contributed by atoms with van der Waals surface area (Å²) in [5.41, 5.74) is 4.13. The Morgan fingerprint density at radius 2 is 1.61 bits per heavy atom. The minimum absolute atomic E-state index is 0.176. The van der Waals surface area contributed by atoms with E-state index >= 15 is 0 Å². The van der Waals surface area contributed by atoms with E-state index in [9.17, 15) is 5.11 Å². The van der Waals surface area contributed by atoms with Crippen LogP contribution in [0.2, 0.25) is 0 Å². The average molecular weight is 436 g/mol. The number of benzene rings is 4. The molecule has 4 aromatic carbocycles. The number of ether oxygens (including phenoxy) is 2. The van der Waals surface area contributed by atoms with Gasteiger partial charge in [-0.2, -0.15) is 0 Å². The Bertz CT molecular complexity index is 1430. The summed E-state index contributed by atoms with van der Waals surface area (Å²) in [6.07, 6.45) is 3.11. The lowest BCUT2D eigenvalue weighted by molar-refractivity contribution is 0.372. The van der Waals surface area contributed by atoms with Crippen LogP contribution in [0.3, 0.4) is 0 Å². The Labute approximate surface area is 193 Å². The maximum absolute atomic E-state index is 11.2. The van der Waals surface area contributed by atoms with Crippen molar-refractivity contribution in [2.45, 2.75) is 12.8 Å². The fourth-order valence-corrected chi connectivity index (χ4v) is 4.53. The summed E-state index contributed by atoms with van der Waals surface area (Å²) in [4.78, 5) is 4.53. The van der Waals surface area contributed by atoms with Crippen molar-refractivity contribution >= 4 is 21.5 Å². The first kappa shape index (κ1) is 20.8. The van der Waals surface area contributed by atoms with Crippen LogP contribution in [0.25, 0.3) is 21.5 Å². The summed E-state index contributed by atoms with van der Waals surface area (Å²) >= 11 is 0. The molecule has 0 saturated heterocycles. The Balaban J connectivity index is 1.82. The molecular weight excluding hydrogens is 410 g/mol. The molecule has 0 aliphatic rings. The number of nitrogens with zero attached hydrogens (tertiary/aromatic N) is 1. The minimum Gasteiger partial charge on any atom is -0.504 e. The van der Waals surface area contributed by atoms with E-state index in [2.05, 4.69) is 35.3 Å². The standard InChI is InChI=1S/C29H25NO3/c1-32-23-11-12-24-20(16-22-10-6-7-13-30-22)15-21-17-27(33-2)29(31)26(28(21)25(24)18-23)14-19-8-4-3-5-9-19/h3-13,15,17-18,31H,14,16H2,1-2H3. The van der Waals surface area contributed by atoms with E-state index in [1.165, 1.54) is 0 Å². The van der Waals surface area contributed by atoms with Gasteiger partial charge in [0, 0.05) is 30.3 Å². The van der Waals surface area contributed by atoms with Crippen LogP contribution in [0.5, 0.6) is 17.2 Å². The van der Waals surface area contributed by atoms with Crippen molar-refractivity contribution in [1.29, 1.82) is 0 Å². The molecule has 5 rings (SSSR count). The number of aromatic hydroxyl groups is 1. The number of rotatable bonds is 6. The van der Waals surface area contributed by atoms with E-state index in [0.717, 1.165) is 49.7 Å². The Kier molecular flexibility index (Phi) is 5.57. The van der Waals surface area contributed by atoms with E-state index in [1.807, 2.05) is 54.7 Å². The molecular formula is C29H25NO3. The molecule has 0 saturated carbocycles. The Morgan fingerprint density at radius 3 is 2.33 bits per heavy atom. The molecule has 0 unspecified atom stereocenters. The molecule has 0 fully saturated rings. The summed E-state index contributed by atoms with van der Waals surface area (Å²) in [6.45, 7) is 0. The molecule has 4 nitrogen and oxygen atoms in total. The van der Waals surface area contributed by atoms with E-state index in [0.29, 0.717) is 18.6 Å². The molecule has 0 atom stereocenters. The smallest absolute Gasteiger partial charge is 0.161 e. The highest BCUT2D eigenvalue weighted by Crippen LogP contribution is 2.43. The number of fused-ring (bicyclic) bond motifs is 3. The number of pyridine rings is 1. The second-order valence-electron chi connectivity index (χ2n) is 8.11. The van der Waals surface area contributed by atoms with Crippen molar-refractivity contribution in [1.82, 2.24) is 4.98 Å². The third-order valence-corrected chi connectivity index (χ3v) is 6.11. The molecule has 0 radical (unpaired) electrons. The fraction of sp³-hybridized carbons (Fsp3) is 0.138. The van der Waals surface area contributed by atoms with Gasteiger partial charge in [-0.05, 0) is 69.1 Å². The molecule has 33 heavy (non-hydrogen) atoms. The lowest BCUT2D eigenvalue weighted by Gasteiger charge is -2.18. The van der Waals surface area contributed by atoms with Gasteiger partial charge in [-0.3, -0.25) is 4.98 Å². The first-order valence-corrected chi connectivity index (χ1v) is 10.9. The number of phenols is 1. The summed E-state index contributed by atoms with van der Waals surface area (Å²) in [6, 6.07) is 26.4. The van der Waals surface area contributed by atoms with Crippen molar-refractivity contribution in [2.75, 3.05) is 14.2 Å². The summed E-state index contributed by atoms with van der Waals surface area (Å²) in [5, 5.41) is 15.4. The van der Waals surface area contributed by atoms with Crippen LogP contribution >= 0.6 is 0 Å². The lowest BCUT2D eigenvalue weighted by Crippen LogP contribution is -1.98. The van der Waals surface area contributed by atoms with Gasteiger partial charge in [0.1, 0.15) is 5.75 Å². The normalized spacial score (nSPS) is 11.1. The van der Waals surface area contributed by atoms with Gasteiger partial charge in [0.05, 0.1) is 14.2 Å². The van der Waals surface area contributed by atoms with Crippen LogP contribution in [0.1, 0.15) is 22.4 Å². The third-order valence-electron chi connectivity index (χ3n) is 6.11. The fourth-order valence-electron chi connectivity index (χ4n) is 4.53. The highest BCUT2D eigenvalue weighted by Gasteiger charge is 2.19. The third kappa shape index (κ3) is 3.96. The maximum Gasteiger partial charge on any atom is 0.161 e. The summed E-state index contributed by atoms with van der Waals surface area (Å²) < 4.78 is 11.1. The molecule has 164 valence electrons. The molecule has 1 aromatic heterocycles. The molecule has 5 aromatic rings. The maximum atomic E-state index is 11.2. The molecule has 0 aliphatic heterocycles. The first-order chi connectivity index (χ1) is 16.2. The number of methoxy groups -OCH3 is 2. The highest BCUT2D eigenvalue weighted by molar-refractivity contribution is 6.12. The Morgan fingerprint density at radius 1 is 0.788 bits per heavy atom. The van der Waals surface area contributed by atoms with Crippen LogP contribution in [-0.2, 0) is 12.8 Å². The van der Waals surface area contributed by atoms with E-state index in [1.54, 1.807) is 14.2 Å². The molecule has 1 heterocycles. The van der Waals surface area contributed by atoms with Gasteiger partial charge >= 0.3 is 0 Å². The van der Waals surface area contributed by atoms with Crippen molar-refractivity contribution in [3.8, 4) is 17.2 Å². The zero-order chi connectivity index (χ0) is 22.8. The van der Waals surface area contributed by atoms with Crippen molar-refractivity contribution < 1.29 is 14.6 Å². The largest absolute Gasteiger partial charge is 0.504 e. The number of aromatic nitrogens is 1. The zero-order valence-corrected chi connectivity index (χ0v) is 18.7. The van der Waals surface area contributed by atoms with Gasteiger partial charge in [-0.1, -0.05) is 42.5 Å². The highest BCUT2D eigenvalue weighted by atomic mass is 16.5. The van der Waals surface area contributed by atoms with Crippen LogP contribution in [-0.4, -0.2) is 24.3 Å². The predicted molar refractivity (Wildman–Crippen MR) is 133 cm³/mol. The minimum atomic E-state index is 0.176. The lowest BCUT2D eigenvalue weighted by atomic mass is 9.89. The SMILES string of the molecule is COc1ccc2c(Cc3ccccn3)cc3cc(OC)c(O)c(Cc4ccccc4)c3c2c1. The van der Waals surface area contributed by atoms with Crippen molar-refractivity contribution in [3.63, 3.8) is 0 Å². The molecule has 0 spiro atoms. The monoisotopic (exact) mass is 435 g/mol. The van der Waals surface area contributed by atoms with Gasteiger partial charge in [-0.25, -0.2) is 0 Å². The van der Waals surface area contributed by atoms with E-state index < -0.39 is 0 Å². The Hall–Kier alpha value is -4.05. The van der Waals surface area contributed by atoms with E-state index in [4.69, 9.17) is 9.47 Å². The topological polar surface area (TPSA) is 51.6 Å². The molecule has 4 heteroatoms. The summed E-state index contributed by atoms with van der Waals surface area (Å²) in [7, 11) is 3.26. The molecule has 0 bridgehead atoms. The van der Waals surface area contributed by atoms with Crippen LogP contribution < -0.4 is 9.47 Å². The predicted octanol–water partition coefficient (Wildman–Crippen LogP) is 6.29. The second kappa shape index (κ2) is 8.83. The molecule has 0 aliphatic carbocycles. The molecule has 1 N–H and O–H groups in total. The number of phenolic OH excluding ortho intramolecular Hbond substituents is 1. The van der Waals surface area contributed by atoms with Gasteiger partial charge < -0.3 is 14.6 Å². The number of hydrogen-bond acceptors (Lipinski definition) is 4. The van der Waals surface area contributed by atoms with Gasteiger partial charge in [0.2, 0.25) is 0 Å². The van der Waals surface area contributed by atoms with Crippen LogP contribution in [0, 0.1) is 0 Å². The molecule has 0 amide bonds. The average Bonchev–Trinajstić information content (AvgIpc) is 2.86. The quantitative estimate of drug-likeness (QED) is 0.318. The van der Waals surface area contributed by atoms with Crippen LogP contribution in [0.4, 0.5) is 0 Å². The first-order valence-electron chi connectivity index (χ1n) is 10.9. The van der Waals surface area contributed by atoms with Gasteiger partial charge in [0.25, 0.3) is 0 Å². The summed E-state index contributed by atoms with van der Waals surface area (Å²) in [5.74, 6) is 1.43. The second-order valence-corrected chi connectivity index (χ2v) is 8.11. The van der Waals surface area contributed by atoms with Crippen molar-refractivity contribution in [3.05, 3.63) is 107 Å².